The molecule has 0 fully saturated rings. The fraction of sp³-hybridized carbons (Fsp3) is 0. The van der Waals surface area contributed by atoms with E-state index >= 15 is 0 Å². The van der Waals surface area contributed by atoms with E-state index in [0.29, 0.717) is 0 Å². The first kappa shape index (κ1) is 20.2. The van der Waals surface area contributed by atoms with Crippen molar-refractivity contribution in [3.05, 3.63) is 72.4 Å². The topological polar surface area (TPSA) is 24.7 Å². The monoisotopic (exact) mass is 336 g/mol. The van der Waals surface area contributed by atoms with E-state index in [1.54, 1.807) is 6.20 Å². The first-order chi connectivity index (χ1) is 7.95. The molecule has 0 aromatic heterocycles. The zero-order chi connectivity index (χ0) is 11.1. The summed E-state index contributed by atoms with van der Waals surface area (Å²) < 4.78 is 0. The van der Waals surface area contributed by atoms with Crippen LogP contribution >= 0.6 is 0 Å². The van der Waals surface area contributed by atoms with Gasteiger partial charge in [-0.3, -0.25) is 0 Å². The predicted molar refractivity (Wildman–Crippen MR) is 66.4 cm³/mol. The molecule has 2 rings (SSSR count). The third kappa shape index (κ3) is 7.79. The number of nitrogens with zero attached hydrogens (tertiary/aromatic N) is 2. The van der Waals surface area contributed by atoms with Gasteiger partial charge >= 0.3 is 16.5 Å². The number of rotatable bonds is 3. The molecule has 2 aromatic carbocycles. The largest absolute Gasteiger partial charge is 2.00 e. The molecule has 2 aromatic rings. The second-order valence-corrected chi connectivity index (χ2v) is 3.28. The molecule has 0 saturated carbocycles. The molecule has 0 radical (unpaired) electrons. The normalized spacial score (nSPS) is 9.47. The minimum atomic E-state index is 0. The second kappa shape index (κ2) is 11.9. The Morgan fingerprint density at radius 2 is 1.26 bits per heavy atom. The van der Waals surface area contributed by atoms with Gasteiger partial charge in [0.2, 0.25) is 0 Å². The van der Waals surface area contributed by atoms with Gasteiger partial charge in [-0.1, -0.05) is 48.5 Å². The Labute approximate surface area is 135 Å². The summed E-state index contributed by atoms with van der Waals surface area (Å²) in [5.74, 6) is 0. The fourth-order valence-electron chi connectivity index (χ4n) is 1.28. The second-order valence-electron chi connectivity index (χ2n) is 3.28. The van der Waals surface area contributed by atoms with Crippen molar-refractivity contribution in [2.24, 2.45) is 10.2 Å². The van der Waals surface area contributed by atoms with Crippen LogP contribution in [0.3, 0.4) is 0 Å². The molecule has 0 spiro atoms. The van der Waals surface area contributed by atoms with Crippen molar-refractivity contribution in [1.82, 2.24) is 0 Å². The summed E-state index contributed by atoms with van der Waals surface area (Å²) in [6.45, 7) is 0. The van der Waals surface area contributed by atoms with Gasteiger partial charge in [-0.25, -0.2) is 0 Å². The Kier molecular flexibility index (Phi) is 12.7. The molecule has 19 heavy (non-hydrogen) atoms. The number of azo groups is 1. The molecular formula is C14H12Cl2N2Ni. The maximum absolute atomic E-state index is 4.06. The van der Waals surface area contributed by atoms with Crippen molar-refractivity contribution in [2.45, 2.75) is 0 Å². The van der Waals surface area contributed by atoms with E-state index in [2.05, 4.69) is 10.2 Å². The Morgan fingerprint density at radius 3 is 1.84 bits per heavy atom. The minimum Gasteiger partial charge on any atom is -1.00 e. The third-order valence-corrected chi connectivity index (χ3v) is 2.06. The number of hydrogen-bond donors (Lipinski definition) is 0. The van der Waals surface area contributed by atoms with Crippen molar-refractivity contribution >= 4 is 11.8 Å². The van der Waals surface area contributed by atoms with Crippen LogP contribution in [0.1, 0.15) is 5.56 Å². The molecule has 0 amide bonds. The van der Waals surface area contributed by atoms with Crippen molar-refractivity contribution in [2.75, 3.05) is 0 Å². The Hall–Kier alpha value is -1.15. The minimum absolute atomic E-state index is 0. The summed E-state index contributed by atoms with van der Waals surface area (Å²) >= 11 is 0. The van der Waals surface area contributed by atoms with Gasteiger partial charge < -0.3 is 24.8 Å². The van der Waals surface area contributed by atoms with Crippen LogP contribution in [0.15, 0.2) is 77.1 Å². The zero-order valence-corrected chi connectivity index (χ0v) is 12.4. The quantitative estimate of drug-likeness (QED) is 0.478. The van der Waals surface area contributed by atoms with E-state index in [9.17, 15) is 0 Å². The van der Waals surface area contributed by atoms with Crippen molar-refractivity contribution in [3.8, 4) is 0 Å². The fourth-order valence-corrected chi connectivity index (χ4v) is 1.28. The first-order valence-corrected chi connectivity index (χ1v) is 5.13. The van der Waals surface area contributed by atoms with E-state index in [-0.39, 0.29) is 41.3 Å². The average Bonchev–Trinajstić information content (AvgIpc) is 2.37. The molecule has 2 nitrogen and oxygen atoms in total. The maximum atomic E-state index is 4.06. The summed E-state index contributed by atoms with van der Waals surface area (Å²) in [5, 5.41) is 8.04. The molecule has 0 heterocycles. The molecule has 0 aliphatic heterocycles. The van der Waals surface area contributed by atoms with Crippen LogP contribution < -0.4 is 24.8 Å². The van der Waals surface area contributed by atoms with E-state index in [4.69, 9.17) is 0 Å². The summed E-state index contributed by atoms with van der Waals surface area (Å²) in [6.07, 6.45) is 3.62. The van der Waals surface area contributed by atoms with Crippen LogP contribution in [0.2, 0.25) is 0 Å². The molecule has 0 aliphatic rings. The number of benzene rings is 2. The first-order valence-electron chi connectivity index (χ1n) is 5.13. The predicted octanol–water partition coefficient (Wildman–Crippen LogP) is -1.55. The maximum Gasteiger partial charge on any atom is 2.00 e. The van der Waals surface area contributed by atoms with Gasteiger partial charge in [0.1, 0.15) is 0 Å². The van der Waals surface area contributed by atoms with Crippen LogP contribution in [-0.4, -0.2) is 0 Å². The molecule has 0 atom stereocenters. The average molecular weight is 338 g/mol. The molecular weight excluding hydrogens is 326 g/mol. The molecule has 0 bridgehead atoms. The zero-order valence-electron chi connectivity index (χ0n) is 9.89. The van der Waals surface area contributed by atoms with Gasteiger partial charge in [0.05, 0.1) is 11.9 Å². The van der Waals surface area contributed by atoms with E-state index in [1.165, 1.54) is 0 Å². The van der Waals surface area contributed by atoms with Crippen molar-refractivity contribution < 1.29 is 41.3 Å². The number of halogens is 2. The molecule has 0 saturated heterocycles. The van der Waals surface area contributed by atoms with Gasteiger partial charge in [-0.05, 0) is 23.8 Å². The molecule has 5 heteroatoms. The Bertz CT molecular complexity index is 440. The van der Waals surface area contributed by atoms with Gasteiger partial charge in [-0.15, -0.1) is 0 Å². The smallest absolute Gasteiger partial charge is 1.00 e. The van der Waals surface area contributed by atoms with Crippen molar-refractivity contribution in [3.63, 3.8) is 0 Å². The van der Waals surface area contributed by atoms with E-state index in [1.807, 2.05) is 66.7 Å². The van der Waals surface area contributed by atoms with E-state index in [0.717, 1.165) is 11.3 Å². The van der Waals surface area contributed by atoms with Crippen LogP contribution in [0.25, 0.3) is 6.08 Å². The van der Waals surface area contributed by atoms with Crippen molar-refractivity contribution in [1.29, 1.82) is 0 Å². The summed E-state index contributed by atoms with van der Waals surface area (Å²) in [6, 6.07) is 19.7. The van der Waals surface area contributed by atoms with Crippen LogP contribution in [0, 0.1) is 0 Å². The number of hydrogen-bond acceptors (Lipinski definition) is 2. The SMILES string of the molecule is C(=Cc1ccccc1)N=Nc1ccccc1.[Cl-].[Cl-].[Ni+2]. The molecule has 0 unspecified atom stereocenters. The Balaban J connectivity index is 0. The standard InChI is InChI=1S/C14H12N2.2ClH.Ni/c1-3-7-13(8-4-1)11-12-15-16-14-9-5-2-6-10-14;;;/h1-12H;2*1H;/q;;;+2/p-2. The van der Waals surface area contributed by atoms with Crippen LogP contribution in [-0.2, 0) is 16.5 Å². The van der Waals surface area contributed by atoms with Gasteiger partial charge in [0.25, 0.3) is 0 Å². The van der Waals surface area contributed by atoms with Gasteiger partial charge in [-0.2, -0.15) is 10.2 Å². The third-order valence-electron chi connectivity index (χ3n) is 2.06. The molecule has 0 aliphatic carbocycles. The van der Waals surface area contributed by atoms with Crippen LogP contribution in [0.5, 0.6) is 0 Å². The van der Waals surface area contributed by atoms with Gasteiger partial charge in [0, 0.05) is 0 Å². The molecule has 0 N–H and O–H groups in total. The molecule has 102 valence electrons. The van der Waals surface area contributed by atoms with Gasteiger partial charge in [0.15, 0.2) is 0 Å². The van der Waals surface area contributed by atoms with Crippen LogP contribution in [0.4, 0.5) is 5.69 Å². The summed E-state index contributed by atoms with van der Waals surface area (Å²) in [7, 11) is 0. The summed E-state index contributed by atoms with van der Waals surface area (Å²) in [4.78, 5) is 0. The van der Waals surface area contributed by atoms with E-state index < -0.39 is 0 Å². The Morgan fingerprint density at radius 1 is 0.737 bits per heavy atom. The summed E-state index contributed by atoms with van der Waals surface area (Å²) in [5.41, 5.74) is 1.98.